The van der Waals surface area contributed by atoms with E-state index in [9.17, 15) is 0 Å². The van der Waals surface area contributed by atoms with Crippen molar-refractivity contribution < 1.29 is 4.74 Å². The van der Waals surface area contributed by atoms with Gasteiger partial charge in [0.05, 0.1) is 16.8 Å². The number of anilines is 1. The molecule has 4 heteroatoms. The molecule has 0 amide bonds. The summed E-state index contributed by atoms with van der Waals surface area (Å²) in [5, 5.41) is 0.609. The molecule has 2 nitrogen and oxygen atoms in total. The van der Waals surface area contributed by atoms with Crippen LogP contribution in [0.3, 0.4) is 0 Å². The molecule has 0 saturated carbocycles. The molecular weight excluding hydrogens is 265 g/mol. The van der Waals surface area contributed by atoms with E-state index in [1.54, 1.807) is 12.1 Å². The van der Waals surface area contributed by atoms with Crippen molar-refractivity contribution in [2.75, 3.05) is 12.3 Å². The zero-order valence-corrected chi connectivity index (χ0v) is 10.4. The van der Waals surface area contributed by atoms with Gasteiger partial charge in [0.1, 0.15) is 0 Å². The SMILES string of the molecule is CCCCOc1c(N)cc(Cl)cc1Br. The Morgan fingerprint density at radius 2 is 2.21 bits per heavy atom. The van der Waals surface area contributed by atoms with E-state index in [0.717, 1.165) is 17.3 Å². The first kappa shape index (κ1) is 11.7. The standard InChI is InChI=1S/C10H13BrClNO/c1-2-3-4-14-10-8(11)5-7(12)6-9(10)13/h5-6H,2-4,13H2,1H3. The maximum atomic E-state index is 5.82. The Kier molecular flexibility index (Phi) is 4.55. The van der Waals surface area contributed by atoms with Gasteiger partial charge in [-0.3, -0.25) is 0 Å². The summed E-state index contributed by atoms with van der Waals surface area (Å²) in [4.78, 5) is 0. The number of ether oxygens (including phenoxy) is 1. The summed E-state index contributed by atoms with van der Waals surface area (Å²) in [6, 6.07) is 3.47. The molecule has 0 bridgehead atoms. The lowest BCUT2D eigenvalue weighted by atomic mass is 10.3. The molecule has 0 atom stereocenters. The third kappa shape index (κ3) is 3.07. The van der Waals surface area contributed by atoms with Crippen molar-refractivity contribution in [3.63, 3.8) is 0 Å². The largest absolute Gasteiger partial charge is 0.490 e. The molecule has 1 aromatic rings. The van der Waals surface area contributed by atoms with E-state index in [4.69, 9.17) is 22.1 Å². The minimum Gasteiger partial charge on any atom is -0.490 e. The monoisotopic (exact) mass is 277 g/mol. The maximum Gasteiger partial charge on any atom is 0.156 e. The van der Waals surface area contributed by atoms with Crippen LogP contribution in [-0.4, -0.2) is 6.61 Å². The third-order valence-electron chi connectivity index (χ3n) is 1.78. The first-order valence-corrected chi connectivity index (χ1v) is 5.69. The number of unbranched alkanes of at least 4 members (excludes halogenated alkanes) is 1. The fourth-order valence-corrected chi connectivity index (χ4v) is 2.00. The fourth-order valence-electron chi connectivity index (χ4n) is 1.05. The second-order valence-electron chi connectivity index (χ2n) is 3.01. The summed E-state index contributed by atoms with van der Waals surface area (Å²) in [7, 11) is 0. The second-order valence-corrected chi connectivity index (χ2v) is 4.30. The number of benzene rings is 1. The molecule has 0 radical (unpaired) electrons. The van der Waals surface area contributed by atoms with Gasteiger partial charge in [-0.05, 0) is 34.5 Å². The van der Waals surface area contributed by atoms with Gasteiger partial charge in [-0.25, -0.2) is 0 Å². The van der Waals surface area contributed by atoms with Crippen LogP contribution in [0.1, 0.15) is 19.8 Å². The number of hydrogen-bond donors (Lipinski definition) is 1. The van der Waals surface area contributed by atoms with Crippen LogP contribution in [0.15, 0.2) is 16.6 Å². The average molecular weight is 279 g/mol. The number of nitrogen functional groups attached to an aromatic ring is 1. The topological polar surface area (TPSA) is 35.2 Å². The first-order valence-electron chi connectivity index (χ1n) is 4.52. The Labute approximate surface area is 97.5 Å². The number of rotatable bonds is 4. The van der Waals surface area contributed by atoms with Gasteiger partial charge >= 0.3 is 0 Å². The Morgan fingerprint density at radius 1 is 1.50 bits per heavy atom. The summed E-state index contributed by atoms with van der Waals surface area (Å²) in [6.07, 6.45) is 2.12. The van der Waals surface area contributed by atoms with Crippen molar-refractivity contribution in [2.24, 2.45) is 0 Å². The highest BCUT2D eigenvalue weighted by Gasteiger charge is 2.07. The van der Waals surface area contributed by atoms with E-state index >= 15 is 0 Å². The molecule has 0 fully saturated rings. The number of nitrogens with two attached hydrogens (primary N) is 1. The predicted molar refractivity (Wildman–Crippen MR) is 64.0 cm³/mol. The molecule has 0 heterocycles. The van der Waals surface area contributed by atoms with Crippen molar-refractivity contribution in [2.45, 2.75) is 19.8 Å². The van der Waals surface area contributed by atoms with Gasteiger partial charge in [0, 0.05) is 5.02 Å². The molecule has 0 aromatic heterocycles. The Bertz CT molecular complexity index is 294. The van der Waals surface area contributed by atoms with Gasteiger partial charge in [0.25, 0.3) is 0 Å². The highest BCUT2D eigenvalue weighted by atomic mass is 79.9. The van der Waals surface area contributed by atoms with Crippen LogP contribution in [-0.2, 0) is 0 Å². The number of halogens is 2. The molecule has 1 aromatic carbocycles. The summed E-state index contributed by atoms with van der Waals surface area (Å²) in [5.74, 6) is 0.683. The molecule has 0 spiro atoms. The van der Waals surface area contributed by atoms with E-state index in [2.05, 4.69) is 22.9 Å². The molecular formula is C10H13BrClNO. The third-order valence-corrected chi connectivity index (χ3v) is 2.59. The smallest absolute Gasteiger partial charge is 0.156 e. The maximum absolute atomic E-state index is 5.82. The van der Waals surface area contributed by atoms with Gasteiger partial charge in [0.15, 0.2) is 5.75 Å². The summed E-state index contributed by atoms with van der Waals surface area (Å²) in [6.45, 7) is 2.80. The van der Waals surface area contributed by atoms with Crippen LogP contribution >= 0.6 is 27.5 Å². The van der Waals surface area contributed by atoms with Crippen LogP contribution in [0.5, 0.6) is 5.75 Å². The highest BCUT2D eigenvalue weighted by Crippen LogP contribution is 2.34. The predicted octanol–water partition coefficient (Wildman–Crippen LogP) is 3.86. The van der Waals surface area contributed by atoms with Gasteiger partial charge < -0.3 is 10.5 Å². The van der Waals surface area contributed by atoms with Crippen molar-refractivity contribution in [1.82, 2.24) is 0 Å². The summed E-state index contributed by atoms with van der Waals surface area (Å²) in [5.41, 5.74) is 6.33. The Morgan fingerprint density at radius 3 is 2.79 bits per heavy atom. The van der Waals surface area contributed by atoms with Crippen LogP contribution in [0.25, 0.3) is 0 Å². The van der Waals surface area contributed by atoms with Crippen LogP contribution in [0.4, 0.5) is 5.69 Å². The molecule has 0 aliphatic carbocycles. The lowest BCUT2D eigenvalue weighted by Crippen LogP contribution is -2.00. The minimum atomic E-state index is 0.570. The van der Waals surface area contributed by atoms with E-state index in [-0.39, 0.29) is 0 Å². The molecule has 2 N–H and O–H groups in total. The van der Waals surface area contributed by atoms with E-state index in [1.807, 2.05) is 0 Å². The summed E-state index contributed by atoms with van der Waals surface area (Å²) >= 11 is 9.18. The average Bonchev–Trinajstić information content (AvgIpc) is 2.09. The van der Waals surface area contributed by atoms with Crippen LogP contribution < -0.4 is 10.5 Å². The lowest BCUT2D eigenvalue weighted by Gasteiger charge is -2.10. The van der Waals surface area contributed by atoms with E-state index < -0.39 is 0 Å². The van der Waals surface area contributed by atoms with Crippen LogP contribution in [0, 0.1) is 0 Å². The Balaban J connectivity index is 2.75. The van der Waals surface area contributed by atoms with Gasteiger partial charge in [0.2, 0.25) is 0 Å². The van der Waals surface area contributed by atoms with Crippen molar-refractivity contribution in [1.29, 1.82) is 0 Å². The van der Waals surface area contributed by atoms with Crippen LogP contribution in [0.2, 0.25) is 5.02 Å². The quantitative estimate of drug-likeness (QED) is 0.670. The fraction of sp³-hybridized carbons (Fsp3) is 0.400. The minimum absolute atomic E-state index is 0.570. The number of hydrogen-bond acceptors (Lipinski definition) is 2. The van der Waals surface area contributed by atoms with Crippen molar-refractivity contribution in [3.05, 3.63) is 21.6 Å². The zero-order chi connectivity index (χ0) is 10.6. The second kappa shape index (κ2) is 5.47. The molecule has 14 heavy (non-hydrogen) atoms. The normalized spacial score (nSPS) is 10.2. The summed E-state index contributed by atoms with van der Waals surface area (Å²) < 4.78 is 6.34. The molecule has 78 valence electrons. The lowest BCUT2D eigenvalue weighted by molar-refractivity contribution is 0.309. The highest BCUT2D eigenvalue weighted by molar-refractivity contribution is 9.10. The van der Waals surface area contributed by atoms with Gasteiger partial charge in [-0.1, -0.05) is 24.9 Å². The Hall–Kier alpha value is -0.410. The first-order chi connectivity index (χ1) is 6.65. The van der Waals surface area contributed by atoms with E-state index in [0.29, 0.717) is 23.1 Å². The van der Waals surface area contributed by atoms with Gasteiger partial charge in [-0.15, -0.1) is 0 Å². The van der Waals surface area contributed by atoms with Gasteiger partial charge in [-0.2, -0.15) is 0 Å². The molecule has 1 rings (SSSR count). The molecule has 0 saturated heterocycles. The zero-order valence-electron chi connectivity index (χ0n) is 8.02. The molecule has 0 unspecified atom stereocenters. The molecule has 0 aliphatic rings. The van der Waals surface area contributed by atoms with Crippen molar-refractivity contribution >= 4 is 33.2 Å². The van der Waals surface area contributed by atoms with Crippen molar-refractivity contribution in [3.8, 4) is 5.75 Å². The van der Waals surface area contributed by atoms with E-state index in [1.165, 1.54) is 0 Å². The molecule has 0 aliphatic heterocycles.